The summed E-state index contributed by atoms with van der Waals surface area (Å²) >= 11 is 6.18. The number of aromatic nitrogens is 2. The Hall–Kier alpha value is -0.830. The molecule has 0 amide bonds. The van der Waals surface area contributed by atoms with E-state index in [1.54, 1.807) is 0 Å². The van der Waals surface area contributed by atoms with E-state index < -0.39 is 0 Å². The average molecular weight is 282 g/mol. The van der Waals surface area contributed by atoms with Crippen molar-refractivity contribution in [1.29, 1.82) is 0 Å². The molecule has 106 valence electrons. The van der Waals surface area contributed by atoms with Crippen molar-refractivity contribution in [1.82, 2.24) is 9.97 Å². The molecule has 0 bridgehead atoms. The quantitative estimate of drug-likeness (QED) is 0.727. The van der Waals surface area contributed by atoms with Gasteiger partial charge >= 0.3 is 0 Å². The third kappa shape index (κ3) is 3.19. The Bertz CT molecular complexity index is 453. The lowest BCUT2D eigenvalue weighted by molar-refractivity contribution is 0.360. The lowest BCUT2D eigenvalue weighted by atomic mass is 9.92. The Kier molecular flexibility index (Phi) is 4.05. The van der Waals surface area contributed by atoms with Gasteiger partial charge in [0, 0.05) is 24.1 Å². The molecule has 1 saturated heterocycles. The summed E-state index contributed by atoms with van der Waals surface area (Å²) in [5, 5.41) is 0.542. The van der Waals surface area contributed by atoms with Crippen LogP contribution in [0.1, 0.15) is 53.3 Å². The normalized spacial score (nSPS) is 24.6. The maximum atomic E-state index is 6.18. The fourth-order valence-corrected chi connectivity index (χ4v) is 2.72. The van der Waals surface area contributed by atoms with E-state index in [0.29, 0.717) is 17.1 Å². The van der Waals surface area contributed by atoms with Crippen LogP contribution in [0.25, 0.3) is 0 Å². The smallest absolute Gasteiger partial charge is 0.137 e. The van der Waals surface area contributed by atoms with Crippen molar-refractivity contribution >= 4 is 17.4 Å². The second kappa shape index (κ2) is 5.28. The summed E-state index contributed by atoms with van der Waals surface area (Å²) in [6.07, 6.45) is 2.51. The Balaban J connectivity index is 2.36. The summed E-state index contributed by atoms with van der Waals surface area (Å²) in [7, 11) is 0. The monoisotopic (exact) mass is 281 g/mol. The van der Waals surface area contributed by atoms with E-state index in [9.17, 15) is 0 Å². The van der Waals surface area contributed by atoms with Crippen LogP contribution >= 0.6 is 11.6 Å². The summed E-state index contributed by atoms with van der Waals surface area (Å²) in [5.74, 6) is 2.49. The minimum atomic E-state index is -0.0791. The van der Waals surface area contributed by atoms with Crippen molar-refractivity contribution < 1.29 is 0 Å². The van der Waals surface area contributed by atoms with Crippen molar-refractivity contribution in [3.05, 3.63) is 17.0 Å². The van der Waals surface area contributed by atoms with Gasteiger partial charge in [0.2, 0.25) is 0 Å². The minimum Gasteiger partial charge on any atom is -0.353 e. The fourth-order valence-electron chi connectivity index (χ4n) is 2.55. The van der Waals surface area contributed by atoms with Crippen LogP contribution in [-0.2, 0) is 5.41 Å². The van der Waals surface area contributed by atoms with Crippen LogP contribution in [0, 0.1) is 5.92 Å². The van der Waals surface area contributed by atoms with Gasteiger partial charge in [0.05, 0.1) is 0 Å². The first kappa shape index (κ1) is 14.6. The van der Waals surface area contributed by atoms with Crippen LogP contribution < -0.4 is 4.90 Å². The number of piperidine rings is 1. The number of nitrogens with zero attached hydrogens (tertiary/aromatic N) is 3. The molecule has 0 radical (unpaired) electrons. The van der Waals surface area contributed by atoms with Gasteiger partial charge in [-0.1, -0.05) is 39.3 Å². The molecule has 2 unspecified atom stereocenters. The van der Waals surface area contributed by atoms with Crippen LogP contribution in [0.15, 0.2) is 6.07 Å². The van der Waals surface area contributed by atoms with Gasteiger partial charge in [-0.3, -0.25) is 0 Å². The van der Waals surface area contributed by atoms with E-state index in [0.717, 1.165) is 18.2 Å². The van der Waals surface area contributed by atoms with Gasteiger partial charge in [-0.25, -0.2) is 9.97 Å². The summed E-state index contributed by atoms with van der Waals surface area (Å²) in [4.78, 5) is 11.5. The third-order valence-corrected chi connectivity index (χ3v) is 4.21. The highest BCUT2D eigenvalue weighted by molar-refractivity contribution is 6.29. The van der Waals surface area contributed by atoms with Crippen molar-refractivity contribution in [2.24, 2.45) is 5.92 Å². The van der Waals surface area contributed by atoms with Crippen LogP contribution in [0.3, 0.4) is 0 Å². The van der Waals surface area contributed by atoms with E-state index in [2.05, 4.69) is 44.5 Å². The zero-order valence-electron chi connectivity index (χ0n) is 12.6. The topological polar surface area (TPSA) is 29.0 Å². The van der Waals surface area contributed by atoms with Crippen molar-refractivity contribution in [2.75, 3.05) is 11.4 Å². The predicted octanol–water partition coefficient (Wildman–Crippen LogP) is 4.05. The molecule has 0 spiro atoms. The number of hydrogen-bond acceptors (Lipinski definition) is 3. The molecular formula is C15H24ClN3. The van der Waals surface area contributed by atoms with Crippen molar-refractivity contribution in [3.8, 4) is 0 Å². The van der Waals surface area contributed by atoms with Gasteiger partial charge in [0.15, 0.2) is 0 Å². The predicted molar refractivity (Wildman–Crippen MR) is 80.9 cm³/mol. The summed E-state index contributed by atoms with van der Waals surface area (Å²) in [6, 6.07) is 2.40. The van der Waals surface area contributed by atoms with Crippen molar-refractivity contribution in [3.63, 3.8) is 0 Å². The van der Waals surface area contributed by atoms with Crippen LogP contribution in [0.4, 0.5) is 5.82 Å². The Morgan fingerprint density at radius 1 is 1.26 bits per heavy atom. The highest BCUT2D eigenvalue weighted by Gasteiger charge is 2.27. The SMILES string of the molecule is CC1CCCN(c2cc(Cl)nc(C(C)(C)C)n2)C1C. The van der Waals surface area contributed by atoms with Crippen LogP contribution in [0.5, 0.6) is 0 Å². The number of halogens is 1. The molecule has 1 fully saturated rings. The first-order chi connectivity index (χ1) is 8.79. The molecule has 0 saturated carbocycles. The fraction of sp³-hybridized carbons (Fsp3) is 0.733. The molecule has 4 heteroatoms. The molecule has 1 aromatic heterocycles. The maximum absolute atomic E-state index is 6.18. The van der Waals surface area contributed by atoms with Crippen LogP contribution in [0.2, 0.25) is 5.15 Å². The molecule has 0 aliphatic carbocycles. The van der Waals surface area contributed by atoms with Gasteiger partial charge in [-0.05, 0) is 25.7 Å². The van der Waals surface area contributed by atoms with Gasteiger partial charge < -0.3 is 4.90 Å². The zero-order chi connectivity index (χ0) is 14.2. The molecule has 1 aliphatic heterocycles. The molecule has 0 N–H and O–H groups in total. The van der Waals surface area contributed by atoms with Crippen LogP contribution in [-0.4, -0.2) is 22.6 Å². The first-order valence-corrected chi connectivity index (χ1v) is 7.48. The van der Waals surface area contributed by atoms with Gasteiger partial charge in [0.25, 0.3) is 0 Å². The molecule has 1 aliphatic rings. The molecule has 1 aromatic rings. The van der Waals surface area contributed by atoms with E-state index in [1.807, 2.05) is 6.07 Å². The number of hydrogen-bond donors (Lipinski definition) is 0. The molecule has 3 nitrogen and oxygen atoms in total. The van der Waals surface area contributed by atoms with E-state index in [4.69, 9.17) is 16.6 Å². The van der Waals surface area contributed by atoms with E-state index in [-0.39, 0.29) is 5.41 Å². The van der Waals surface area contributed by atoms with Crippen molar-refractivity contribution in [2.45, 2.75) is 58.9 Å². The third-order valence-electron chi connectivity index (χ3n) is 4.02. The minimum absolute atomic E-state index is 0.0791. The summed E-state index contributed by atoms with van der Waals surface area (Å²) < 4.78 is 0. The standard InChI is InChI=1S/C15H24ClN3/c1-10-7-6-8-19(11(10)2)13-9-12(16)17-14(18-13)15(3,4)5/h9-11H,6-8H2,1-5H3. The van der Waals surface area contributed by atoms with Gasteiger partial charge in [0.1, 0.15) is 16.8 Å². The first-order valence-electron chi connectivity index (χ1n) is 7.11. The average Bonchev–Trinajstić information content (AvgIpc) is 2.31. The molecule has 0 aromatic carbocycles. The molecule has 19 heavy (non-hydrogen) atoms. The van der Waals surface area contributed by atoms with Gasteiger partial charge in [-0.15, -0.1) is 0 Å². The van der Waals surface area contributed by atoms with E-state index in [1.165, 1.54) is 12.8 Å². The maximum Gasteiger partial charge on any atom is 0.137 e. The lowest BCUT2D eigenvalue weighted by Gasteiger charge is -2.39. The Labute approximate surface area is 121 Å². The molecule has 2 atom stereocenters. The molecular weight excluding hydrogens is 258 g/mol. The Morgan fingerprint density at radius 3 is 2.58 bits per heavy atom. The largest absolute Gasteiger partial charge is 0.353 e. The lowest BCUT2D eigenvalue weighted by Crippen LogP contribution is -2.43. The van der Waals surface area contributed by atoms with Gasteiger partial charge in [-0.2, -0.15) is 0 Å². The van der Waals surface area contributed by atoms with E-state index >= 15 is 0 Å². The number of anilines is 1. The zero-order valence-corrected chi connectivity index (χ0v) is 13.3. The molecule has 2 rings (SSSR count). The number of rotatable bonds is 1. The molecule has 2 heterocycles. The highest BCUT2D eigenvalue weighted by atomic mass is 35.5. The second-order valence-electron chi connectivity index (χ2n) is 6.68. The summed E-state index contributed by atoms with van der Waals surface area (Å²) in [5.41, 5.74) is -0.0791. The highest BCUT2D eigenvalue weighted by Crippen LogP contribution is 2.30. The second-order valence-corrected chi connectivity index (χ2v) is 7.06. The summed E-state index contributed by atoms with van der Waals surface area (Å²) in [6.45, 7) is 12.0. The Morgan fingerprint density at radius 2 is 1.95 bits per heavy atom.